The van der Waals surface area contributed by atoms with Crippen molar-refractivity contribution in [2.75, 3.05) is 26.2 Å². The van der Waals surface area contributed by atoms with E-state index in [1.165, 1.54) is 11.1 Å². The second kappa shape index (κ2) is 10.7. The summed E-state index contributed by atoms with van der Waals surface area (Å²) in [5.74, 6) is -0.433. The number of piperazine rings is 1. The standard InChI is InChI=1S/C32H32N4O2/c37-31(24-9-2-1-3-10-24)34-30(21-26-22-33-29-13-7-6-12-28(26)29)32(38)36-18-16-35(17-19-36)27-15-14-23-8-4-5-11-25(23)20-27/h1-13,21-22,27,33H,14-20H2,(H,34,37)/b30-21-/t27-/m0/s1. The van der Waals surface area contributed by atoms with E-state index < -0.39 is 0 Å². The molecule has 6 nitrogen and oxygen atoms in total. The van der Waals surface area contributed by atoms with Gasteiger partial charge in [-0.1, -0.05) is 60.7 Å². The zero-order valence-electron chi connectivity index (χ0n) is 21.4. The molecule has 1 aliphatic carbocycles. The molecular formula is C32H32N4O2. The average Bonchev–Trinajstić information content (AvgIpc) is 3.39. The van der Waals surface area contributed by atoms with Gasteiger partial charge in [0.05, 0.1) is 0 Å². The number of benzene rings is 3. The molecule has 1 aliphatic heterocycles. The molecule has 2 heterocycles. The van der Waals surface area contributed by atoms with Gasteiger partial charge in [-0.2, -0.15) is 0 Å². The number of carbonyl (C=O) groups excluding carboxylic acids is 2. The van der Waals surface area contributed by atoms with Gasteiger partial charge in [0.25, 0.3) is 11.8 Å². The maximum atomic E-state index is 13.8. The quantitative estimate of drug-likeness (QED) is 0.389. The molecule has 1 saturated heterocycles. The van der Waals surface area contributed by atoms with E-state index in [1.807, 2.05) is 53.6 Å². The van der Waals surface area contributed by atoms with Crippen LogP contribution in [-0.4, -0.2) is 58.8 Å². The molecular weight excluding hydrogens is 472 g/mol. The smallest absolute Gasteiger partial charge is 0.270 e. The van der Waals surface area contributed by atoms with Crippen molar-refractivity contribution in [3.63, 3.8) is 0 Å². The van der Waals surface area contributed by atoms with Gasteiger partial charge in [0.2, 0.25) is 0 Å². The highest BCUT2D eigenvalue weighted by Crippen LogP contribution is 2.26. The van der Waals surface area contributed by atoms with Crippen LogP contribution in [0.2, 0.25) is 0 Å². The zero-order chi connectivity index (χ0) is 25.9. The van der Waals surface area contributed by atoms with Crippen molar-refractivity contribution in [3.8, 4) is 0 Å². The highest BCUT2D eigenvalue weighted by Gasteiger charge is 2.30. The van der Waals surface area contributed by atoms with E-state index in [0.717, 1.165) is 48.8 Å². The minimum atomic E-state index is -0.287. The maximum absolute atomic E-state index is 13.8. The number of fused-ring (bicyclic) bond motifs is 2. The summed E-state index contributed by atoms with van der Waals surface area (Å²) in [7, 11) is 0. The van der Waals surface area contributed by atoms with Crippen molar-refractivity contribution in [2.45, 2.75) is 25.3 Å². The van der Waals surface area contributed by atoms with Gasteiger partial charge in [-0.05, 0) is 54.7 Å². The molecule has 0 saturated carbocycles. The van der Waals surface area contributed by atoms with Crippen molar-refractivity contribution in [3.05, 3.63) is 113 Å². The first-order valence-electron chi connectivity index (χ1n) is 13.4. The Morgan fingerprint density at radius 2 is 1.55 bits per heavy atom. The Labute approximate surface area is 223 Å². The Bertz CT molecular complexity index is 1480. The normalized spacial score (nSPS) is 18.3. The van der Waals surface area contributed by atoms with Gasteiger partial charge >= 0.3 is 0 Å². The van der Waals surface area contributed by atoms with E-state index in [9.17, 15) is 9.59 Å². The number of rotatable bonds is 5. The van der Waals surface area contributed by atoms with E-state index in [0.29, 0.717) is 30.4 Å². The molecule has 2 N–H and O–H groups in total. The van der Waals surface area contributed by atoms with Gasteiger partial charge in [-0.25, -0.2) is 0 Å². The van der Waals surface area contributed by atoms with Gasteiger partial charge < -0.3 is 15.2 Å². The summed E-state index contributed by atoms with van der Waals surface area (Å²) in [6.45, 7) is 2.96. The number of aryl methyl sites for hydroxylation is 1. The summed E-state index contributed by atoms with van der Waals surface area (Å²) in [6, 6.07) is 26.2. The van der Waals surface area contributed by atoms with Crippen molar-refractivity contribution in [2.24, 2.45) is 0 Å². The lowest BCUT2D eigenvalue weighted by molar-refractivity contribution is -0.129. The number of H-pyrrole nitrogens is 1. The first-order valence-corrected chi connectivity index (χ1v) is 13.4. The van der Waals surface area contributed by atoms with Crippen LogP contribution < -0.4 is 5.32 Å². The fourth-order valence-electron chi connectivity index (χ4n) is 5.75. The van der Waals surface area contributed by atoms with Crippen LogP contribution in [0.15, 0.2) is 90.8 Å². The fourth-order valence-corrected chi connectivity index (χ4v) is 5.75. The number of para-hydroxylation sites is 1. The van der Waals surface area contributed by atoms with Crippen molar-refractivity contribution < 1.29 is 9.59 Å². The lowest BCUT2D eigenvalue weighted by atomic mass is 9.87. The zero-order valence-corrected chi connectivity index (χ0v) is 21.4. The van der Waals surface area contributed by atoms with Gasteiger partial charge in [0.1, 0.15) is 5.70 Å². The number of amides is 2. The summed E-state index contributed by atoms with van der Waals surface area (Å²) >= 11 is 0. The Balaban J connectivity index is 1.19. The lowest BCUT2D eigenvalue weighted by Gasteiger charge is -2.41. The summed E-state index contributed by atoms with van der Waals surface area (Å²) in [5, 5.41) is 3.93. The highest BCUT2D eigenvalue weighted by atomic mass is 16.2. The summed E-state index contributed by atoms with van der Waals surface area (Å²) < 4.78 is 0. The Morgan fingerprint density at radius 1 is 0.842 bits per heavy atom. The van der Waals surface area contributed by atoms with E-state index in [1.54, 1.807) is 18.2 Å². The van der Waals surface area contributed by atoms with Crippen LogP contribution in [0.1, 0.15) is 33.5 Å². The van der Waals surface area contributed by atoms with Crippen molar-refractivity contribution in [1.82, 2.24) is 20.1 Å². The SMILES string of the molecule is O=C(N/C(=C\c1c[nH]c2ccccc12)C(=O)N1CCN([C@H]2CCc3ccccc3C2)CC1)c1ccccc1. The van der Waals surface area contributed by atoms with Crippen LogP contribution in [0.5, 0.6) is 0 Å². The van der Waals surface area contributed by atoms with E-state index in [-0.39, 0.29) is 11.8 Å². The number of aromatic nitrogens is 1. The van der Waals surface area contributed by atoms with E-state index in [2.05, 4.69) is 39.5 Å². The second-order valence-corrected chi connectivity index (χ2v) is 10.2. The van der Waals surface area contributed by atoms with Gasteiger partial charge in [-0.3, -0.25) is 14.5 Å². The lowest BCUT2D eigenvalue weighted by Crippen LogP contribution is -2.54. The van der Waals surface area contributed by atoms with Crippen molar-refractivity contribution >= 4 is 28.8 Å². The van der Waals surface area contributed by atoms with Crippen LogP contribution >= 0.6 is 0 Å². The minimum Gasteiger partial charge on any atom is -0.361 e. The molecule has 0 unspecified atom stereocenters. The Kier molecular flexibility index (Phi) is 6.80. The number of carbonyl (C=O) groups is 2. The number of hydrogen-bond donors (Lipinski definition) is 2. The Morgan fingerprint density at radius 3 is 2.37 bits per heavy atom. The molecule has 0 radical (unpaired) electrons. The van der Waals surface area contributed by atoms with Crippen LogP contribution in [-0.2, 0) is 17.6 Å². The number of nitrogens with zero attached hydrogens (tertiary/aromatic N) is 2. The third-order valence-corrected chi connectivity index (χ3v) is 7.87. The van der Waals surface area contributed by atoms with Crippen LogP contribution in [0.4, 0.5) is 0 Å². The average molecular weight is 505 g/mol. The largest absolute Gasteiger partial charge is 0.361 e. The second-order valence-electron chi connectivity index (χ2n) is 10.2. The summed E-state index contributed by atoms with van der Waals surface area (Å²) in [6.07, 6.45) is 7.02. The molecule has 2 aliphatic rings. The fraction of sp³-hybridized carbons (Fsp3) is 0.250. The molecule has 1 aromatic heterocycles. The number of nitrogens with one attached hydrogen (secondary N) is 2. The highest BCUT2D eigenvalue weighted by molar-refractivity contribution is 6.06. The molecule has 1 atom stereocenters. The maximum Gasteiger partial charge on any atom is 0.270 e. The van der Waals surface area contributed by atoms with Gasteiger partial charge in [-0.15, -0.1) is 0 Å². The number of hydrogen-bond acceptors (Lipinski definition) is 3. The molecule has 4 aromatic rings. The minimum absolute atomic E-state index is 0.145. The van der Waals surface area contributed by atoms with Crippen LogP contribution in [0.25, 0.3) is 17.0 Å². The molecule has 192 valence electrons. The molecule has 6 heteroatoms. The third kappa shape index (κ3) is 5.00. The van der Waals surface area contributed by atoms with Crippen LogP contribution in [0, 0.1) is 0 Å². The van der Waals surface area contributed by atoms with Gasteiger partial charge in [0, 0.05) is 60.4 Å². The first kappa shape index (κ1) is 24.2. The summed E-state index contributed by atoms with van der Waals surface area (Å²) in [5.41, 5.74) is 5.60. The molecule has 0 bridgehead atoms. The monoisotopic (exact) mass is 504 g/mol. The molecule has 2 amide bonds. The molecule has 0 spiro atoms. The molecule has 38 heavy (non-hydrogen) atoms. The predicted octanol–water partition coefficient (Wildman–Crippen LogP) is 4.64. The molecule has 1 fully saturated rings. The Hall–Kier alpha value is -4.16. The van der Waals surface area contributed by atoms with Gasteiger partial charge in [0.15, 0.2) is 0 Å². The third-order valence-electron chi connectivity index (χ3n) is 7.87. The van der Waals surface area contributed by atoms with Crippen LogP contribution in [0.3, 0.4) is 0 Å². The molecule has 3 aromatic carbocycles. The first-order chi connectivity index (χ1) is 18.7. The topological polar surface area (TPSA) is 68.4 Å². The summed E-state index contributed by atoms with van der Waals surface area (Å²) in [4.78, 5) is 34.5. The number of aromatic amines is 1. The van der Waals surface area contributed by atoms with Crippen molar-refractivity contribution in [1.29, 1.82) is 0 Å². The van der Waals surface area contributed by atoms with E-state index in [4.69, 9.17) is 0 Å². The van der Waals surface area contributed by atoms with E-state index >= 15 is 0 Å². The molecule has 6 rings (SSSR count). The predicted molar refractivity (Wildman–Crippen MR) is 151 cm³/mol.